The number of pyridine rings is 1. The van der Waals surface area contributed by atoms with Crippen molar-refractivity contribution in [3.8, 4) is 0 Å². The summed E-state index contributed by atoms with van der Waals surface area (Å²) in [6, 6.07) is 11.5. The zero-order valence-corrected chi connectivity index (χ0v) is 14.4. The van der Waals surface area contributed by atoms with E-state index >= 15 is 0 Å². The number of nitrogens with one attached hydrogen (secondary N) is 1. The second kappa shape index (κ2) is 6.72. The van der Waals surface area contributed by atoms with Gasteiger partial charge in [0.05, 0.1) is 5.25 Å². The number of thioether (sulfide) groups is 1. The summed E-state index contributed by atoms with van der Waals surface area (Å²) in [4.78, 5) is 20.9. The van der Waals surface area contributed by atoms with Crippen LogP contribution in [0, 0.1) is 13.8 Å². The number of hydrogen-bond acceptors (Lipinski definition) is 4. The summed E-state index contributed by atoms with van der Waals surface area (Å²) < 4.78 is 0. The van der Waals surface area contributed by atoms with E-state index in [9.17, 15) is 4.79 Å². The summed E-state index contributed by atoms with van der Waals surface area (Å²) in [7, 11) is 0. The van der Waals surface area contributed by atoms with Crippen molar-refractivity contribution in [1.29, 1.82) is 0 Å². The molecule has 0 unspecified atom stereocenters. The minimum atomic E-state index is -0.197. The highest BCUT2D eigenvalue weighted by molar-refractivity contribution is 8.15. The van der Waals surface area contributed by atoms with Gasteiger partial charge in [-0.25, -0.2) is 9.98 Å². The summed E-state index contributed by atoms with van der Waals surface area (Å²) >= 11 is 7.58. The van der Waals surface area contributed by atoms with Gasteiger partial charge in [0.1, 0.15) is 0 Å². The molecule has 0 radical (unpaired) electrons. The minimum absolute atomic E-state index is 0.0295. The number of aryl methyl sites for hydroxylation is 2. The van der Waals surface area contributed by atoms with Crippen LogP contribution in [0.2, 0.25) is 5.02 Å². The lowest BCUT2D eigenvalue weighted by molar-refractivity contribution is -0.118. The van der Waals surface area contributed by atoms with Crippen molar-refractivity contribution in [2.24, 2.45) is 4.99 Å². The van der Waals surface area contributed by atoms with Crippen molar-refractivity contribution in [2.75, 3.05) is 0 Å². The highest BCUT2D eigenvalue weighted by atomic mass is 35.5. The Balaban J connectivity index is 1.73. The number of carbonyl (C=O) groups is 1. The van der Waals surface area contributed by atoms with Gasteiger partial charge in [0.25, 0.3) is 0 Å². The van der Waals surface area contributed by atoms with Crippen molar-refractivity contribution in [3.05, 3.63) is 58.2 Å². The molecule has 1 atom stereocenters. The van der Waals surface area contributed by atoms with Crippen LogP contribution in [0.3, 0.4) is 0 Å². The fourth-order valence-electron chi connectivity index (χ4n) is 2.26. The first-order valence-corrected chi connectivity index (χ1v) is 8.52. The second-order valence-electron chi connectivity index (χ2n) is 5.44. The van der Waals surface area contributed by atoms with Crippen LogP contribution in [-0.4, -0.2) is 21.3 Å². The van der Waals surface area contributed by atoms with Gasteiger partial charge in [-0.1, -0.05) is 41.6 Å². The van der Waals surface area contributed by atoms with Crippen molar-refractivity contribution in [3.63, 3.8) is 0 Å². The van der Waals surface area contributed by atoms with Crippen molar-refractivity contribution >= 4 is 40.3 Å². The summed E-state index contributed by atoms with van der Waals surface area (Å²) in [5.41, 5.74) is 2.97. The summed E-state index contributed by atoms with van der Waals surface area (Å²) in [5, 5.41) is 3.94. The van der Waals surface area contributed by atoms with Gasteiger partial charge in [0.15, 0.2) is 11.0 Å². The van der Waals surface area contributed by atoms with E-state index < -0.39 is 0 Å². The molecule has 3 rings (SSSR count). The quantitative estimate of drug-likeness (QED) is 0.920. The zero-order valence-electron chi connectivity index (χ0n) is 12.8. The number of aliphatic imine (C=N–C) groups is 1. The van der Waals surface area contributed by atoms with E-state index in [4.69, 9.17) is 11.6 Å². The van der Waals surface area contributed by atoms with Crippen molar-refractivity contribution < 1.29 is 4.79 Å². The number of carbonyl (C=O) groups excluding carboxylic acids is 1. The largest absolute Gasteiger partial charge is 0.304 e. The maximum absolute atomic E-state index is 12.1. The SMILES string of the molecule is Cc1cccc(/N=C2\NC(=O)[C@@H](Cc3ccc(C)c(Cl)c3)S2)n1. The Morgan fingerprint density at radius 3 is 2.87 bits per heavy atom. The molecule has 1 aromatic carbocycles. The summed E-state index contributed by atoms with van der Waals surface area (Å²) in [5.74, 6) is 0.574. The topological polar surface area (TPSA) is 54.4 Å². The lowest BCUT2D eigenvalue weighted by atomic mass is 10.1. The first-order chi connectivity index (χ1) is 11.0. The Kier molecular flexibility index (Phi) is 4.68. The predicted octanol–water partition coefficient (Wildman–Crippen LogP) is 3.81. The number of hydrogen-bond donors (Lipinski definition) is 1. The van der Waals surface area contributed by atoms with Gasteiger partial charge in [-0.2, -0.15) is 0 Å². The molecule has 0 bridgehead atoms. The Morgan fingerprint density at radius 2 is 2.13 bits per heavy atom. The van der Waals surface area contributed by atoms with Gasteiger partial charge in [0.2, 0.25) is 5.91 Å². The molecule has 1 saturated heterocycles. The molecule has 4 nitrogen and oxygen atoms in total. The predicted molar refractivity (Wildman–Crippen MR) is 95.5 cm³/mol. The minimum Gasteiger partial charge on any atom is -0.304 e. The smallest absolute Gasteiger partial charge is 0.239 e. The lowest BCUT2D eigenvalue weighted by Crippen LogP contribution is -2.26. The molecule has 1 aromatic heterocycles. The van der Waals surface area contributed by atoms with Gasteiger partial charge < -0.3 is 5.32 Å². The molecule has 2 heterocycles. The molecule has 23 heavy (non-hydrogen) atoms. The number of nitrogens with zero attached hydrogens (tertiary/aromatic N) is 2. The maximum Gasteiger partial charge on any atom is 0.239 e. The number of amides is 1. The van der Waals surface area contributed by atoms with Crippen LogP contribution in [0.15, 0.2) is 41.4 Å². The lowest BCUT2D eigenvalue weighted by Gasteiger charge is -2.07. The second-order valence-corrected chi connectivity index (χ2v) is 7.04. The van der Waals surface area contributed by atoms with Crippen LogP contribution in [-0.2, 0) is 11.2 Å². The molecule has 2 aromatic rings. The number of rotatable bonds is 3. The molecule has 0 aliphatic carbocycles. The summed E-state index contributed by atoms with van der Waals surface area (Å²) in [6.07, 6.45) is 0.622. The van der Waals surface area contributed by atoms with Gasteiger partial charge in [-0.05, 0) is 49.6 Å². The highest BCUT2D eigenvalue weighted by Gasteiger charge is 2.30. The van der Waals surface area contributed by atoms with Crippen LogP contribution in [0.25, 0.3) is 0 Å². The fourth-order valence-corrected chi connectivity index (χ4v) is 3.48. The van der Waals surface area contributed by atoms with Crippen molar-refractivity contribution in [2.45, 2.75) is 25.5 Å². The molecule has 1 aliphatic heterocycles. The van der Waals surface area contributed by atoms with E-state index in [1.807, 2.05) is 50.2 Å². The third-order valence-corrected chi connectivity index (χ3v) is 5.01. The third kappa shape index (κ3) is 3.92. The first kappa shape index (κ1) is 16.0. The number of benzene rings is 1. The average Bonchev–Trinajstić information content (AvgIpc) is 2.83. The van der Waals surface area contributed by atoms with Crippen LogP contribution < -0.4 is 5.32 Å². The molecule has 6 heteroatoms. The molecule has 118 valence electrons. The standard InChI is InChI=1S/C17H16ClN3OS/c1-10-6-7-12(8-13(10)18)9-14-16(22)21-17(23-14)20-15-5-3-4-11(2)19-15/h3-8,14H,9H2,1-2H3,(H,19,20,21,22)/t14-/m1/s1. The molecule has 1 amide bonds. The molecule has 0 saturated carbocycles. The molecule has 0 spiro atoms. The molecule has 1 aliphatic rings. The monoisotopic (exact) mass is 345 g/mol. The van der Waals surface area contributed by atoms with E-state index in [-0.39, 0.29) is 11.2 Å². The zero-order chi connectivity index (χ0) is 16.4. The average molecular weight is 346 g/mol. The first-order valence-electron chi connectivity index (χ1n) is 7.26. The third-order valence-electron chi connectivity index (χ3n) is 3.52. The number of halogens is 1. The Hall–Kier alpha value is -1.85. The van der Waals surface area contributed by atoms with E-state index in [0.29, 0.717) is 17.4 Å². The number of aromatic nitrogens is 1. The van der Waals surface area contributed by atoms with Crippen LogP contribution in [0.1, 0.15) is 16.8 Å². The van der Waals surface area contributed by atoms with E-state index in [1.54, 1.807) is 0 Å². The van der Waals surface area contributed by atoms with Gasteiger partial charge in [-0.3, -0.25) is 4.79 Å². The summed E-state index contributed by atoms with van der Waals surface area (Å²) in [6.45, 7) is 3.87. The Labute approximate surface area is 144 Å². The van der Waals surface area contributed by atoms with Gasteiger partial charge >= 0.3 is 0 Å². The van der Waals surface area contributed by atoms with E-state index in [2.05, 4.69) is 15.3 Å². The fraction of sp³-hybridized carbons (Fsp3) is 0.235. The number of amidine groups is 1. The molecular weight excluding hydrogens is 330 g/mol. The molecule has 1 fully saturated rings. The van der Waals surface area contributed by atoms with Gasteiger partial charge in [0, 0.05) is 10.7 Å². The Morgan fingerprint density at radius 1 is 1.30 bits per heavy atom. The highest BCUT2D eigenvalue weighted by Crippen LogP contribution is 2.26. The van der Waals surface area contributed by atoms with Crippen molar-refractivity contribution in [1.82, 2.24) is 10.3 Å². The van der Waals surface area contributed by atoms with Crippen LogP contribution >= 0.6 is 23.4 Å². The Bertz CT molecular complexity index is 791. The molecule has 1 N–H and O–H groups in total. The van der Waals surface area contributed by atoms with E-state index in [0.717, 1.165) is 21.8 Å². The van der Waals surface area contributed by atoms with Gasteiger partial charge in [-0.15, -0.1) is 0 Å². The normalized spacial score (nSPS) is 19.2. The van der Waals surface area contributed by atoms with Crippen LogP contribution in [0.5, 0.6) is 0 Å². The maximum atomic E-state index is 12.1. The molecular formula is C17H16ClN3OS. The van der Waals surface area contributed by atoms with Crippen LogP contribution in [0.4, 0.5) is 5.82 Å². The van der Waals surface area contributed by atoms with E-state index in [1.165, 1.54) is 11.8 Å².